The molecule has 7 nitrogen and oxygen atoms in total. The lowest BCUT2D eigenvalue weighted by atomic mass is 10.1. The fourth-order valence-electron chi connectivity index (χ4n) is 2.34. The summed E-state index contributed by atoms with van der Waals surface area (Å²) in [5, 5.41) is 7.68. The average molecular weight is 347 g/mol. The van der Waals surface area contributed by atoms with Crippen LogP contribution in [0.15, 0.2) is 30.6 Å². The summed E-state index contributed by atoms with van der Waals surface area (Å²) in [5.74, 6) is -0.217. The Morgan fingerprint density at radius 1 is 1.28 bits per heavy atom. The van der Waals surface area contributed by atoms with Crippen molar-refractivity contribution >= 4 is 17.6 Å². The number of unbranched alkanes of at least 4 members (excludes halogenated alkanes) is 1. The van der Waals surface area contributed by atoms with Crippen molar-refractivity contribution in [2.45, 2.75) is 26.3 Å². The van der Waals surface area contributed by atoms with E-state index in [2.05, 4.69) is 25.5 Å². The number of carbonyl (C=O) groups excluding carboxylic acids is 2. The topological polar surface area (TPSA) is 88.0 Å². The van der Waals surface area contributed by atoms with Gasteiger partial charge in [0.05, 0.1) is 5.56 Å². The summed E-state index contributed by atoms with van der Waals surface area (Å²) in [5.41, 5.74) is 0.238. The molecule has 2 rings (SSSR count). The van der Waals surface area contributed by atoms with Gasteiger partial charge in [0, 0.05) is 38.2 Å². The van der Waals surface area contributed by atoms with Crippen molar-refractivity contribution in [3.05, 3.63) is 47.8 Å². The standard InChI is InChI=1S/C17H22FN5O2/c1-12-20-8-10-23(12)9-4-3-7-21-17(25)22-13-5-6-15(18)14(11-13)16(24)19-2/h5-6,8,10-11H,3-4,7,9H2,1-2H3,(H,19,24)(H2,21,22,25). The van der Waals surface area contributed by atoms with E-state index in [1.54, 1.807) is 6.20 Å². The van der Waals surface area contributed by atoms with Gasteiger partial charge in [-0.15, -0.1) is 0 Å². The van der Waals surface area contributed by atoms with E-state index in [9.17, 15) is 14.0 Å². The van der Waals surface area contributed by atoms with Crippen LogP contribution in [0, 0.1) is 12.7 Å². The van der Waals surface area contributed by atoms with Crippen molar-refractivity contribution in [3.8, 4) is 0 Å². The normalized spacial score (nSPS) is 10.4. The maximum Gasteiger partial charge on any atom is 0.319 e. The molecule has 0 aliphatic carbocycles. The van der Waals surface area contributed by atoms with Crippen molar-refractivity contribution in [2.24, 2.45) is 0 Å². The molecule has 0 saturated heterocycles. The maximum absolute atomic E-state index is 13.6. The number of nitrogens with one attached hydrogen (secondary N) is 3. The first kappa shape index (κ1) is 18.4. The fourth-order valence-corrected chi connectivity index (χ4v) is 2.34. The van der Waals surface area contributed by atoms with E-state index >= 15 is 0 Å². The zero-order valence-corrected chi connectivity index (χ0v) is 14.3. The third-order valence-electron chi connectivity index (χ3n) is 3.73. The highest BCUT2D eigenvalue weighted by Crippen LogP contribution is 2.14. The van der Waals surface area contributed by atoms with Crippen LogP contribution in [-0.4, -0.2) is 35.1 Å². The lowest BCUT2D eigenvalue weighted by Gasteiger charge is -2.10. The number of benzene rings is 1. The second kappa shape index (κ2) is 8.81. The number of amides is 3. The molecule has 0 bridgehead atoms. The SMILES string of the molecule is CNC(=O)c1cc(NC(=O)NCCCCn2ccnc2C)ccc1F. The first-order valence-corrected chi connectivity index (χ1v) is 8.05. The van der Waals surface area contributed by atoms with Gasteiger partial charge in [-0.3, -0.25) is 4.79 Å². The minimum absolute atomic E-state index is 0.115. The largest absolute Gasteiger partial charge is 0.355 e. The molecule has 8 heteroatoms. The van der Waals surface area contributed by atoms with Gasteiger partial charge in [-0.05, 0) is 38.0 Å². The zero-order valence-electron chi connectivity index (χ0n) is 14.3. The summed E-state index contributed by atoms with van der Waals surface area (Å²) in [6.07, 6.45) is 5.41. The Morgan fingerprint density at radius 3 is 2.76 bits per heavy atom. The quantitative estimate of drug-likeness (QED) is 0.672. The molecule has 0 aliphatic rings. The Morgan fingerprint density at radius 2 is 2.08 bits per heavy atom. The summed E-state index contributed by atoms with van der Waals surface area (Å²) in [6, 6.07) is 3.46. The van der Waals surface area contributed by atoms with Crippen LogP contribution in [0.2, 0.25) is 0 Å². The number of aryl methyl sites for hydroxylation is 2. The molecular formula is C17H22FN5O2. The molecule has 1 aromatic carbocycles. The summed E-state index contributed by atoms with van der Waals surface area (Å²) in [4.78, 5) is 27.6. The van der Waals surface area contributed by atoms with Crippen LogP contribution in [0.3, 0.4) is 0 Å². The molecule has 2 aromatic rings. The zero-order chi connectivity index (χ0) is 18.2. The number of carbonyl (C=O) groups is 2. The Labute approximate surface area is 145 Å². The molecule has 0 saturated carbocycles. The molecule has 0 spiro atoms. The van der Waals surface area contributed by atoms with Gasteiger partial charge in [-0.1, -0.05) is 0 Å². The molecule has 134 valence electrons. The number of aromatic nitrogens is 2. The van der Waals surface area contributed by atoms with Gasteiger partial charge in [0.15, 0.2) is 0 Å². The van der Waals surface area contributed by atoms with Crippen LogP contribution in [-0.2, 0) is 6.54 Å². The minimum atomic E-state index is -0.639. The highest BCUT2D eigenvalue weighted by Gasteiger charge is 2.11. The molecule has 1 heterocycles. The molecular weight excluding hydrogens is 325 g/mol. The van der Waals surface area contributed by atoms with Crippen LogP contribution < -0.4 is 16.0 Å². The lowest BCUT2D eigenvalue weighted by Crippen LogP contribution is -2.30. The Kier molecular flexibility index (Phi) is 6.50. The van der Waals surface area contributed by atoms with Gasteiger partial charge in [0.25, 0.3) is 5.91 Å². The van der Waals surface area contributed by atoms with Crippen LogP contribution in [0.5, 0.6) is 0 Å². The smallest absolute Gasteiger partial charge is 0.319 e. The molecule has 1 aromatic heterocycles. The van der Waals surface area contributed by atoms with Crippen molar-refractivity contribution in [1.29, 1.82) is 0 Å². The van der Waals surface area contributed by atoms with Crippen LogP contribution in [0.1, 0.15) is 29.0 Å². The second-order valence-electron chi connectivity index (χ2n) is 5.53. The second-order valence-corrected chi connectivity index (χ2v) is 5.53. The van der Waals surface area contributed by atoms with Gasteiger partial charge in [-0.2, -0.15) is 0 Å². The molecule has 0 aliphatic heterocycles. The number of rotatable bonds is 7. The van der Waals surface area contributed by atoms with E-state index in [0.29, 0.717) is 12.2 Å². The van der Waals surface area contributed by atoms with Crippen LogP contribution >= 0.6 is 0 Å². The van der Waals surface area contributed by atoms with Gasteiger partial charge in [0.2, 0.25) is 0 Å². The van der Waals surface area contributed by atoms with Crippen LogP contribution in [0.25, 0.3) is 0 Å². The van der Waals surface area contributed by atoms with Crippen molar-refractivity contribution < 1.29 is 14.0 Å². The monoisotopic (exact) mass is 347 g/mol. The number of hydrogen-bond donors (Lipinski definition) is 3. The molecule has 3 N–H and O–H groups in total. The number of imidazole rings is 1. The van der Waals surface area contributed by atoms with Crippen molar-refractivity contribution in [2.75, 3.05) is 18.9 Å². The minimum Gasteiger partial charge on any atom is -0.355 e. The Hall–Kier alpha value is -2.90. The number of urea groups is 1. The molecule has 0 atom stereocenters. The van der Waals surface area contributed by atoms with Crippen molar-refractivity contribution in [1.82, 2.24) is 20.2 Å². The first-order valence-electron chi connectivity index (χ1n) is 8.05. The Balaban J connectivity index is 1.75. The van der Waals surface area contributed by atoms with E-state index in [0.717, 1.165) is 31.3 Å². The predicted molar refractivity (Wildman–Crippen MR) is 93.0 cm³/mol. The van der Waals surface area contributed by atoms with Gasteiger partial charge < -0.3 is 20.5 Å². The van der Waals surface area contributed by atoms with E-state index in [1.807, 2.05) is 13.1 Å². The summed E-state index contributed by atoms with van der Waals surface area (Å²) < 4.78 is 15.6. The first-order chi connectivity index (χ1) is 12.0. The highest BCUT2D eigenvalue weighted by molar-refractivity contribution is 5.96. The predicted octanol–water partition coefficient (Wildman–Crippen LogP) is 2.29. The lowest BCUT2D eigenvalue weighted by molar-refractivity contribution is 0.0959. The average Bonchev–Trinajstić information content (AvgIpc) is 3.00. The van der Waals surface area contributed by atoms with Gasteiger partial charge in [0.1, 0.15) is 11.6 Å². The number of halogens is 1. The van der Waals surface area contributed by atoms with E-state index in [4.69, 9.17) is 0 Å². The summed E-state index contributed by atoms with van der Waals surface area (Å²) in [7, 11) is 1.42. The molecule has 0 radical (unpaired) electrons. The van der Waals surface area contributed by atoms with Crippen molar-refractivity contribution in [3.63, 3.8) is 0 Å². The third-order valence-corrected chi connectivity index (χ3v) is 3.73. The summed E-state index contributed by atoms with van der Waals surface area (Å²) in [6.45, 7) is 3.31. The number of anilines is 1. The van der Waals surface area contributed by atoms with E-state index < -0.39 is 17.8 Å². The third kappa shape index (κ3) is 5.30. The fraction of sp³-hybridized carbons (Fsp3) is 0.353. The Bertz CT molecular complexity index is 744. The maximum atomic E-state index is 13.6. The van der Waals surface area contributed by atoms with Gasteiger partial charge in [-0.25, -0.2) is 14.2 Å². The molecule has 3 amide bonds. The molecule has 25 heavy (non-hydrogen) atoms. The van der Waals surface area contributed by atoms with Crippen LogP contribution in [0.4, 0.5) is 14.9 Å². The molecule has 0 unspecified atom stereocenters. The van der Waals surface area contributed by atoms with E-state index in [-0.39, 0.29) is 5.56 Å². The summed E-state index contributed by atoms with van der Waals surface area (Å²) >= 11 is 0. The number of nitrogens with zero attached hydrogens (tertiary/aromatic N) is 2. The molecule has 0 fully saturated rings. The highest BCUT2D eigenvalue weighted by atomic mass is 19.1. The van der Waals surface area contributed by atoms with E-state index in [1.165, 1.54) is 19.2 Å². The van der Waals surface area contributed by atoms with Gasteiger partial charge >= 0.3 is 6.03 Å². The number of hydrogen-bond acceptors (Lipinski definition) is 3.